The van der Waals surface area contributed by atoms with Crippen LogP contribution in [0.25, 0.3) is 0 Å². The number of carbonyl (C=O) groups is 1. The number of nitrogens with one attached hydrogen (secondary N) is 1. The molecule has 0 aromatic heterocycles. The van der Waals surface area contributed by atoms with Crippen molar-refractivity contribution in [2.24, 2.45) is 4.99 Å². The lowest BCUT2D eigenvalue weighted by Gasteiger charge is -2.35. The van der Waals surface area contributed by atoms with Crippen molar-refractivity contribution in [2.75, 3.05) is 51.6 Å². The highest BCUT2D eigenvalue weighted by Crippen LogP contribution is 2.06. The van der Waals surface area contributed by atoms with Crippen molar-refractivity contribution in [1.82, 2.24) is 15.1 Å². The van der Waals surface area contributed by atoms with Crippen molar-refractivity contribution in [3.05, 3.63) is 35.9 Å². The molecule has 28 heavy (non-hydrogen) atoms. The van der Waals surface area contributed by atoms with E-state index in [4.69, 9.17) is 4.74 Å². The van der Waals surface area contributed by atoms with E-state index in [9.17, 15) is 9.00 Å². The molecule has 1 N–H and O–H groups in total. The van der Waals surface area contributed by atoms with Gasteiger partial charge >= 0.3 is 6.09 Å². The topological polar surface area (TPSA) is 74.2 Å². The number of amides is 1. The molecule has 0 saturated carbocycles. The second-order valence-electron chi connectivity index (χ2n) is 6.18. The van der Waals surface area contributed by atoms with Crippen molar-refractivity contribution < 1.29 is 13.7 Å². The summed E-state index contributed by atoms with van der Waals surface area (Å²) >= 11 is 0. The van der Waals surface area contributed by atoms with Crippen molar-refractivity contribution in [3.63, 3.8) is 0 Å². The molecule has 7 nitrogen and oxygen atoms in total. The minimum atomic E-state index is -0.933. The molecular formula is C19H31IN4O3S. The molecule has 1 atom stereocenters. The standard InChI is InChI=1S/C19H30N4O3S.HI/c1-3-20-18(22-11-13-23(14-12-22)19(24)26-4-2)21-10-15-27(25)16-17-8-6-5-7-9-17;/h5-9H,3-4,10-16H2,1-2H3,(H,20,21);1H. The summed E-state index contributed by atoms with van der Waals surface area (Å²) in [6.45, 7) is 8.15. The van der Waals surface area contributed by atoms with Crippen LogP contribution >= 0.6 is 24.0 Å². The van der Waals surface area contributed by atoms with Crippen LogP contribution in [0.4, 0.5) is 4.79 Å². The molecule has 1 aliphatic rings. The Bertz CT molecular complexity index is 637. The van der Waals surface area contributed by atoms with E-state index in [1.54, 1.807) is 4.90 Å². The maximum Gasteiger partial charge on any atom is 0.409 e. The molecule has 9 heteroatoms. The molecule has 0 radical (unpaired) electrons. The van der Waals surface area contributed by atoms with Crippen molar-refractivity contribution in [1.29, 1.82) is 0 Å². The van der Waals surface area contributed by atoms with E-state index in [2.05, 4.69) is 15.2 Å². The number of ether oxygens (including phenoxy) is 1. The minimum absolute atomic E-state index is 0. The third kappa shape index (κ3) is 8.34. The summed E-state index contributed by atoms with van der Waals surface area (Å²) in [6.07, 6.45) is -0.254. The van der Waals surface area contributed by atoms with Gasteiger partial charge in [0.2, 0.25) is 0 Å². The lowest BCUT2D eigenvalue weighted by atomic mass is 10.2. The van der Waals surface area contributed by atoms with E-state index >= 15 is 0 Å². The van der Waals surface area contributed by atoms with Gasteiger partial charge in [-0.3, -0.25) is 9.20 Å². The first-order valence-corrected chi connectivity index (χ1v) is 11.0. The van der Waals surface area contributed by atoms with E-state index in [1.807, 2.05) is 44.2 Å². The first-order chi connectivity index (χ1) is 13.1. The Labute approximate surface area is 187 Å². The van der Waals surface area contributed by atoms with Crippen molar-refractivity contribution in [2.45, 2.75) is 19.6 Å². The second kappa shape index (κ2) is 13.8. The van der Waals surface area contributed by atoms with Crippen LogP contribution < -0.4 is 5.32 Å². The predicted molar refractivity (Wildman–Crippen MR) is 125 cm³/mol. The molecule has 1 unspecified atom stereocenters. The highest BCUT2D eigenvalue weighted by atomic mass is 127. The number of aliphatic imine (C=N–C) groups is 1. The quantitative estimate of drug-likeness (QED) is 0.338. The van der Waals surface area contributed by atoms with E-state index in [0.717, 1.165) is 18.1 Å². The molecule has 1 aromatic carbocycles. The Morgan fingerprint density at radius 2 is 1.79 bits per heavy atom. The minimum Gasteiger partial charge on any atom is -0.450 e. The van der Waals surface area contributed by atoms with Crippen molar-refractivity contribution in [3.8, 4) is 0 Å². The summed E-state index contributed by atoms with van der Waals surface area (Å²) in [6, 6.07) is 9.87. The fourth-order valence-corrected chi connectivity index (χ4v) is 3.83. The Kier molecular flexibility index (Phi) is 12.1. The third-order valence-electron chi connectivity index (χ3n) is 4.19. The van der Waals surface area contributed by atoms with E-state index in [-0.39, 0.29) is 30.1 Å². The van der Waals surface area contributed by atoms with Gasteiger partial charge in [0.15, 0.2) is 5.96 Å². The maximum absolute atomic E-state index is 12.3. The van der Waals surface area contributed by atoms with Gasteiger partial charge in [-0.15, -0.1) is 24.0 Å². The van der Waals surface area contributed by atoms with E-state index < -0.39 is 10.8 Å². The normalized spacial score (nSPS) is 15.6. The summed E-state index contributed by atoms with van der Waals surface area (Å²) < 4.78 is 17.3. The predicted octanol–water partition coefficient (Wildman–Crippen LogP) is 2.29. The smallest absolute Gasteiger partial charge is 0.409 e. The van der Waals surface area contributed by atoms with Crippen LogP contribution in [0, 0.1) is 0 Å². The Balaban J connectivity index is 0.00000392. The Morgan fingerprint density at radius 1 is 1.14 bits per heavy atom. The first-order valence-electron chi connectivity index (χ1n) is 9.47. The molecule has 1 aliphatic heterocycles. The van der Waals surface area contributed by atoms with Gasteiger partial charge in [0, 0.05) is 55.0 Å². The maximum atomic E-state index is 12.3. The van der Waals surface area contributed by atoms with Crippen LogP contribution in [0.5, 0.6) is 0 Å². The number of rotatable bonds is 7. The number of piperazine rings is 1. The number of halogens is 1. The molecule has 0 spiro atoms. The second-order valence-corrected chi connectivity index (χ2v) is 7.76. The fraction of sp³-hybridized carbons (Fsp3) is 0.579. The van der Waals surface area contributed by atoms with Gasteiger partial charge < -0.3 is 19.9 Å². The van der Waals surface area contributed by atoms with Gasteiger partial charge in [0.25, 0.3) is 0 Å². The van der Waals surface area contributed by atoms with E-state index in [1.165, 1.54) is 0 Å². The molecule has 158 valence electrons. The Hall–Kier alpha value is -1.36. The van der Waals surface area contributed by atoms with Gasteiger partial charge in [-0.25, -0.2) is 4.79 Å². The number of benzene rings is 1. The highest BCUT2D eigenvalue weighted by Gasteiger charge is 2.23. The molecule has 1 saturated heterocycles. The lowest BCUT2D eigenvalue weighted by molar-refractivity contribution is 0.0914. The summed E-state index contributed by atoms with van der Waals surface area (Å²) in [7, 11) is -0.933. The molecular weight excluding hydrogens is 491 g/mol. The van der Waals surface area contributed by atoms with Crippen molar-refractivity contribution >= 4 is 46.8 Å². The third-order valence-corrected chi connectivity index (χ3v) is 5.48. The molecule has 1 heterocycles. The SMILES string of the molecule is CCNC(=NCCS(=O)Cc1ccccc1)N1CCN(C(=O)OCC)CC1.I. The van der Waals surface area contributed by atoms with Crippen LogP contribution in [-0.4, -0.2) is 77.7 Å². The zero-order chi connectivity index (χ0) is 19.5. The zero-order valence-electron chi connectivity index (χ0n) is 16.6. The lowest BCUT2D eigenvalue weighted by Crippen LogP contribution is -2.54. The number of hydrogen-bond donors (Lipinski definition) is 1. The van der Waals surface area contributed by atoms with Crippen LogP contribution in [0.3, 0.4) is 0 Å². The summed E-state index contributed by atoms with van der Waals surface area (Å²) in [5.74, 6) is 1.91. The average molecular weight is 522 g/mol. The van der Waals surface area contributed by atoms with Crippen LogP contribution in [0.15, 0.2) is 35.3 Å². The first kappa shape index (κ1) is 24.7. The van der Waals surface area contributed by atoms with Gasteiger partial charge in [-0.1, -0.05) is 30.3 Å². The summed E-state index contributed by atoms with van der Waals surface area (Å²) in [4.78, 5) is 20.3. The number of hydrogen-bond acceptors (Lipinski definition) is 4. The van der Waals surface area contributed by atoms with Gasteiger partial charge in [0.05, 0.1) is 13.2 Å². The molecule has 0 bridgehead atoms. The molecule has 1 amide bonds. The number of carbonyl (C=O) groups excluding carboxylic acids is 1. The summed E-state index contributed by atoms with van der Waals surface area (Å²) in [5, 5.41) is 3.29. The van der Waals surface area contributed by atoms with Gasteiger partial charge in [0.1, 0.15) is 0 Å². The monoisotopic (exact) mass is 522 g/mol. The van der Waals surface area contributed by atoms with Crippen LogP contribution in [-0.2, 0) is 21.3 Å². The number of nitrogens with zero attached hydrogens (tertiary/aromatic N) is 3. The molecule has 1 aromatic rings. The fourth-order valence-electron chi connectivity index (χ4n) is 2.83. The van der Waals surface area contributed by atoms with Crippen LogP contribution in [0.1, 0.15) is 19.4 Å². The molecule has 1 fully saturated rings. The largest absolute Gasteiger partial charge is 0.450 e. The van der Waals surface area contributed by atoms with Crippen LogP contribution in [0.2, 0.25) is 0 Å². The summed E-state index contributed by atoms with van der Waals surface area (Å²) in [5.41, 5.74) is 1.09. The van der Waals surface area contributed by atoms with E-state index in [0.29, 0.717) is 50.8 Å². The van der Waals surface area contributed by atoms with Gasteiger partial charge in [-0.05, 0) is 19.4 Å². The number of guanidine groups is 1. The molecule has 2 rings (SSSR count). The Morgan fingerprint density at radius 3 is 2.39 bits per heavy atom. The van der Waals surface area contributed by atoms with Gasteiger partial charge in [-0.2, -0.15) is 0 Å². The average Bonchev–Trinajstić information content (AvgIpc) is 2.68. The zero-order valence-corrected chi connectivity index (χ0v) is 19.8. The highest BCUT2D eigenvalue weighted by molar-refractivity contribution is 14.0. The molecule has 0 aliphatic carbocycles.